The summed E-state index contributed by atoms with van der Waals surface area (Å²) in [4.78, 5) is 3.60. The molecule has 0 radical (unpaired) electrons. The minimum atomic E-state index is -2.54. The van der Waals surface area contributed by atoms with Gasteiger partial charge in [0.15, 0.2) is 11.4 Å². The van der Waals surface area contributed by atoms with Crippen LogP contribution >= 0.6 is 0 Å². The zero-order chi connectivity index (χ0) is 7.40. The lowest BCUT2D eigenvalue weighted by molar-refractivity contribution is -0.858. The summed E-state index contributed by atoms with van der Waals surface area (Å²) in [6.45, 7) is 0. The Balaban J connectivity index is 0.000001000. The standard InChI is InChI=1S/C4H4N2O3S.BrH/c7-10(8)9-6-3-1-2-5-4-6;/h1-4H;1H/p-1. The van der Waals surface area contributed by atoms with Crippen molar-refractivity contribution in [1.82, 2.24) is 4.98 Å². The van der Waals surface area contributed by atoms with E-state index in [-0.39, 0.29) is 17.0 Å². The van der Waals surface area contributed by atoms with Gasteiger partial charge >= 0.3 is 6.33 Å². The van der Waals surface area contributed by atoms with Crippen molar-refractivity contribution in [2.45, 2.75) is 0 Å². The maximum Gasteiger partial charge on any atom is 0.326 e. The number of halogens is 1. The van der Waals surface area contributed by atoms with Crippen LogP contribution in [0.5, 0.6) is 0 Å². The minimum Gasteiger partial charge on any atom is -1.00 e. The van der Waals surface area contributed by atoms with Crippen molar-refractivity contribution in [2.24, 2.45) is 0 Å². The van der Waals surface area contributed by atoms with Crippen molar-refractivity contribution in [2.75, 3.05) is 0 Å². The van der Waals surface area contributed by atoms with Crippen molar-refractivity contribution in [3.05, 3.63) is 24.8 Å². The van der Waals surface area contributed by atoms with E-state index in [4.69, 9.17) is 0 Å². The molecule has 0 N–H and O–H groups in total. The molecule has 1 heterocycles. The van der Waals surface area contributed by atoms with Crippen LogP contribution in [0.15, 0.2) is 24.8 Å². The summed E-state index contributed by atoms with van der Waals surface area (Å²) in [5.74, 6) is 0. The van der Waals surface area contributed by atoms with Gasteiger partial charge < -0.3 is 21.5 Å². The van der Waals surface area contributed by atoms with Gasteiger partial charge in [-0.15, -0.1) is 0 Å². The van der Waals surface area contributed by atoms with Crippen molar-refractivity contribution in [3.63, 3.8) is 0 Å². The van der Waals surface area contributed by atoms with E-state index in [1.807, 2.05) is 0 Å². The summed E-state index contributed by atoms with van der Waals surface area (Å²) in [5.41, 5.74) is 0. The van der Waals surface area contributed by atoms with Crippen LogP contribution in [-0.4, -0.2) is 13.7 Å². The smallest absolute Gasteiger partial charge is 0.326 e. The van der Waals surface area contributed by atoms with Gasteiger partial charge in [-0.1, -0.05) is 4.98 Å². The van der Waals surface area contributed by atoms with Crippen LogP contribution in [0, 0.1) is 0 Å². The van der Waals surface area contributed by atoms with Gasteiger partial charge in [0.2, 0.25) is 0 Å². The van der Waals surface area contributed by atoms with E-state index in [9.17, 15) is 8.76 Å². The molecule has 1 aromatic rings. The Labute approximate surface area is 76.2 Å². The van der Waals surface area contributed by atoms with Crippen LogP contribution in [0.2, 0.25) is 0 Å². The Bertz CT molecular complexity index is 232. The molecule has 0 saturated heterocycles. The summed E-state index contributed by atoms with van der Waals surface area (Å²) in [7, 11) is 0. The van der Waals surface area contributed by atoms with Crippen LogP contribution in [-0.2, 0) is 11.4 Å². The van der Waals surface area contributed by atoms with Gasteiger partial charge in [-0.05, 0) is 4.73 Å². The van der Waals surface area contributed by atoms with E-state index in [0.29, 0.717) is 0 Å². The van der Waals surface area contributed by atoms with E-state index in [2.05, 4.69) is 9.27 Å². The second-order valence-corrected chi connectivity index (χ2v) is 1.95. The average molecular weight is 240 g/mol. The topological polar surface area (TPSA) is 66.1 Å². The summed E-state index contributed by atoms with van der Waals surface area (Å²) >= 11 is -2.54. The van der Waals surface area contributed by atoms with Gasteiger partial charge in [-0.25, -0.2) is 8.49 Å². The molecule has 11 heavy (non-hydrogen) atoms. The first-order chi connectivity index (χ1) is 4.79. The number of nitrogens with zero attached hydrogens (tertiary/aromatic N) is 2. The molecule has 7 heteroatoms. The van der Waals surface area contributed by atoms with E-state index < -0.39 is 11.4 Å². The number of rotatable bonds is 2. The maximum atomic E-state index is 9.90. The number of hydrogen-bond acceptors (Lipinski definition) is 4. The minimum absolute atomic E-state index is 0. The second-order valence-electron chi connectivity index (χ2n) is 1.39. The molecule has 0 spiro atoms. The largest absolute Gasteiger partial charge is 1.00 e. The summed E-state index contributed by atoms with van der Waals surface area (Å²) < 4.78 is 25.0. The van der Waals surface area contributed by atoms with E-state index in [1.165, 1.54) is 18.7 Å². The number of hydrogen-bond donors (Lipinski definition) is 0. The lowest BCUT2D eigenvalue weighted by atomic mass is 10.7. The zero-order valence-electron chi connectivity index (χ0n) is 5.21. The molecule has 0 aliphatic heterocycles. The van der Waals surface area contributed by atoms with Crippen LogP contribution in [0.25, 0.3) is 0 Å². The summed E-state index contributed by atoms with van der Waals surface area (Å²) in [6, 6.07) is 1.55. The molecular weight excluding hydrogens is 236 g/mol. The van der Waals surface area contributed by atoms with Crippen LogP contribution < -0.4 is 26.0 Å². The fraction of sp³-hybridized carbons (Fsp3) is 0. The molecule has 1 unspecified atom stereocenters. The molecule has 0 bridgehead atoms. The lowest BCUT2D eigenvalue weighted by Crippen LogP contribution is -3.00. The van der Waals surface area contributed by atoms with Crippen molar-refractivity contribution in [1.29, 1.82) is 0 Å². The quantitative estimate of drug-likeness (QED) is 0.386. The Morgan fingerprint density at radius 2 is 2.36 bits per heavy atom. The first-order valence-electron chi connectivity index (χ1n) is 2.38. The highest BCUT2D eigenvalue weighted by atomic mass is 79.9. The van der Waals surface area contributed by atoms with Gasteiger partial charge in [0, 0.05) is 6.07 Å². The van der Waals surface area contributed by atoms with Crippen molar-refractivity contribution >= 4 is 11.4 Å². The lowest BCUT2D eigenvalue weighted by Gasteiger charge is -1.99. The van der Waals surface area contributed by atoms with Gasteiger partial charge in [0.1, 0.15) is 12.4 Å². The van der Waals surface area contributed by atoms with Crippen LogP contribution in [0.4, 0.5) is 0 Å². The van der Waals surface area contributed by atoms with E-state index >= 15 is 0 Å². The molecule has 0 saturated carbocycles. The van der Waals surface area contributed by atoms with E-state index in [1.54, 1.807) is 6.07 Å². The highest BCUT2D eigenvalue weighted by molar-refractivity contribution is 7.74. The molecule has 0 aromatic carbocycles. The second kappa shape index (κ2) is 5.16. The Hall–Kier alpha value is -0.530. The SMILES string of the molecule is O=S([O-])O[n+]1cccnc1.[Br-]. The highest BCUT2D eigenvalue weighted by Crippen LogP contribution is 1.69. The molecule has 0 aliphatic carbocycles. The van der Waals surface area contributed by atoms with Crippen LogP contribution in [0.1, 0.15) is 0 Å². The predicted molar refractivity (Wildman–Crippen MR) is 29.9 cm³/mol. The summed E-state index contributed by atoms with van der Waals surface area (Å²) in [6.07, 6.45) is 4.16. The Kier molecular flexibility index (Phi) is 4.92. The third-order valence-corrected chi connectivity index (χ3v) is 1.03. The Morgan fingerprint density at radius 1 is 1.64 bits per heavy atom. The molecule has 1 aromatic heterocycles. The van der Waals surface area contributed by atoms with Gasteiger partial charge in [-0.2, -0.15) is 0 Å². The van der Waals surface area contributed by atoms with Crippen molar-refractivity contribution < 1.29 is 34.8 Å². The molecule has 0 aliphatic rings. The normalized spacial score (nSPS) is 11.4. The van der Waals surface area contributed by atoms with Gasteiger partial charge in [0.05, 0.1) is 0 Å². The predicted octanol–water partition coefficient (Wildman–Crippen LogP) is -4.40. The van der Waals surface area contributed by atoms with Gasteiger partial charge in [-0.3, -0.25) is 0 Å². The highest BCUT2D eigenvalue weighted by Gasteiger charge is 1.93. The fourth-order valence-electron chi connectivity index (χ4n) is 0.430. The average Bonchev–Trinajstić information content (AvgIpc) is 1.88. The maximum absolute atomic E-state index is 9.90. The Morgan fingerprint density at radius 3 is 2.82 bits per heavy atom. The third kappa shape index (κ3) is 4.02. The fourth-order valence-corrected chi connectivity index (χ4v) is 0.659. The monoisotopic (exact) mass is 239 g/mol. The van der Waals surface area contributed by atoms with Gasteiger partial charge in [0.25, 0.3) is 0 Å². The first kappa shape index (κ1) is 10.5. The van der Waals surface area contributed by atoms with Crippen LogP contribution in [0.3, 0.4) is 0 Å². The molecule has 62 valence electrons. The zero-order valence-corrected chi connectivity index (χ0v) is 7.62. The molecule has 1 rings (SSSR count). The number of aromatic nitrogens is 2. The first-order valence-corrected chi connectivity index (χ1v) is 3.38. The summed E-state index contributed by atoms with van der Waals surface area (Å²) in [5, 5.41) is 0. The third-order valence-electron chi connectivity index (χ3n) is 0.733. The molecule has 5 nitrogen and oxygen atoms in total. The molecular formula is C4H4BrN2O3S-. The van der Waals surface area contributed by atoms with Crippen molar-refractivity contribution in [3.8, 4) is 0 Å². The molecule has 0 amide bonds. The molecule has 0 fully saturated rings. The molecule has 1 atom stereocenters. The van der Waals surface area contributed by atoms with E-state index in [0.717, 1.165) is 4.73 Å².